The molecule has 0 spiro atoms. The molecule has 0 saturated carbocycles. The molecule has 10 heterocycles. The van der Waals surface area contributed by atoms with Crippen molar-refractivity contribution in [1.82, 2.24) is 29.9 Å². The number of urea groups is 1. The Hall–Kier alpha value is -5.02. The molecule has 6 aromatic rings. The highest BCUT2D eigenvalue weighted by Gasteiger charge is 2.52. The molecule has 10 rings (SSSR count). The van der Waals surface area contributed by atoms with Crippen LogP contribution in [0.15, 0.2) is 78.4 Å². The van der Waals surface area contributed by atoms with Gasteiger partial charge in [0.2, 0.25) is 0 Å². The van der Waals surface area contributed by atoms with Gasteiger partial charge in [-0.2, -0.15) is 0 Å². The quantitative estimate of drug-likeness (QED) is 0.0854. The number of aromatic nitrogens is 6. The van der Waals surface area contributed by atoms with Gasteiger partial charge in [-0.25, -0.2) is 19.7 Å². The van der Waals surface area contributed by atoms with Crippen LogP contribution in [-0.4, -0.2) is 89.2 Å². The first-order valence-corrected chi connectivity index (χ1v) is 26.1. The van der Waals surface area contributed by atoms with E-state index in [1.165, 1.54) is 28.4 Å². The molecule has 2 amide bonds. The fourth-order valence-electron chi connectivity index (χ4n) is 8.81. The number of anilines is 3. The van der Waals surface area contributed by atoms with Gasteiger partial charge in [0.25, 0.3) is 0 Å². The number of amides is 2. The number of nitrogens with two attached hydrogens (primary N) is 1. The summed E-state index contributed by atoms with van der Waals surface area (Å²) in [7, 11) is -0.315. The summed E-state index contributed by atoms with van der Waals surface area (Å²) < 4.78 is 12.9. The molecule has 16 nitrogen and oxygen atoms in total. The third-order valence-electron chi connectivity index (χ3n) is 13.2. The number of aliphatic hydroxyl groups is 3. The lowest BCUT2D eigenvalue weighted by Gasteiger charge is -2.32. The summed E-state index contributed by atoms with van der Waals surface area (Å²) in [5, 5.41) is 37.2. The molecule has 0 radical (unpaired) electrons. The van der Waals surface area contributed by atoms with Gasteiger partial charge in [0.15, 0.2) is 0 Å². The first-order chi connectivity index (χ1) is 34.7. The molecular formula is C52H61BBrCl3N10O6. The molecule has 3 unspecified atom stereocenters. The van der Waals surface area contributed by atoms with Gasteiger partial charge in [-0.15, -0.1) is 0 Å². The lowest BCUT2D eigenvalue weighted by atomic mass is 9.79. The van der Waals surface area contributed by atoms with Gasteiger partial charge in [-0.1, -0.05) is 40.9 Å². The highest BCUT2D eigenvalue weighted by atomic mass is 79.9. The molecule has 386 valence electrons. The molecule has 1 fully saturated rings. The number of carbonyl (C=O) groups excluding carboxylic acids is 1. The number of hydrogen-bond acceptors (Lipinski definition) is 14. The van der Waals surface area contributed by atoms with Crippen LogP contribution in [0.3, 0.4) is 0 Å². The predicted molar refractivity (Wildman–Crippen MR) is 293 cm³/mol. The van der Waals surface area contributed by atoms with Crippen molar-refractivity contribution in [2.24, 2.45) is 5.73 Å². The number of aryl methyl sites for hydroxylation is 3. The standard InChI is InChI=1S/C16H17ClN4O2.C15H16ClN3O.C14H21BN2O2.C7H7BrClNO/c1-9(22)14-12(7-19-8-13(14)17)11-5-10-3-2-4-21(16(18)23)15(10)20-6-11;1-9(20)14-12(7-17-8-13(14)16)11-5-10-3-2-4-18-15(10)19-6-11;1-13(2)14(3,4)19-15(18-13)11-8-10-6-5-7-16-12(10)17-9-11;1-4(11)7-5(8)2-10-3-6(7)9/h5-9,22H,2-4H2,1H3,(H2,18,23);5-9,20H,2-4H2,1H3,(H,18,19);8-9H,5-7H2,1-4H3,(H,16,17);2-4,11H,1H3. The zero-order valence-electron chi connectivity index (χ0n) is 41.9. The number of carbonyl (C=O) groups is 1. The number of fused-ring (bicyclic) bond motifs is 3. The Balaban J connectivity index is 0.000000146. The molecule has 0 aliphatic carbocycles. The minimum Gasteiger partial charge on any atom is -0.399 e. The van der Waals surface area contributed by atoms with Gasteiger partial charge in [-0.3, -0.25) is 19.9 Å². The highest BCUT2D eigenvalue weighted by Crippen LogP contribution is 2.39. The zero-order valence-corrected chi connectivity index (χ0v) is 45.7. The maximum atomic E-state index is 11.5. The van der Waals surface area contributed by atoms with Gasteiger partial charge < -0.3 is 41.0 Å². The number of pyridine rings is 6. The Kier molecular flexibility index (Phi) is 18.4. The maximum absolute atomic E-state index is 11.5. The molecule has 73 heavy (non-hydrogen) atoms. The van der Waals surface area contributed by atoms with E-state index in [-0.39, 0.29) is 18.3 Å². The van der Waals surface area contributed by atoms with E-state index in [4.69, 9.17) is 49.8 Å². The monoisotopic (exact) mass is 1120 g/mol. The van der Waals surface area contributed by atoms with Crippen molar-refractivity contribution in [2.45, 2.75) is 117 Å². The van der Waals surface area contributed by atoms with E-state index in [1.54, 1.807) is 58.0 Å². The number of primary amides is 1. The van der Waals surface area contributed by atoms with Crippen LogP contribution in [0.1, 0.15) is 119 Å². The summed E-state index contributed by atoms with van der Waals surface area (Å²) in [4.78, 5) is 38.4. The number of halogens is 4. The second kappa shape index (κ2) is 24.1. The maximum Gasteiger partial charge on any atom is 0.496 e. The van der Waals surface area contributed by atoms with Crippen LogP contribution in [0.5, 0.6) is 0 Å². The van der Waals surface area contributed by atoms with Gasteiger partial charge in [0.05, 0.1) is 44.6 Å². The van der Waals surface area contributed by atoms with Crippen molar-refractivity contribution in [2.75, 3.05) is 35.2 Å². The first kappa shape index (κ1) is 55.7. The van der Waals surface area contributed by atoms with Crippen LogP contribution in [0.25, 0.3) is 22.3 Å². The molecule has 0 aromatic carbocycles. The van der Waals surface area contributed by atoms with Crippen LogP contribution in [0.2, 0.25) is 15.1 Å². The molecule has 6 aromatic heterocycles. The molecule has 1 saturated heterocycles. The summed E-state index contributed by atoms with van der Waals surface area (Å²) >= 11 is 21.3. The predicted octanol–water partition coefficient (Wildman–Crippen LogP) is 10.2. The minimum absolute atomic E-state index is 0.300. The van der Waals surface area contributed by atoms with E-state index in [1.807, 2.05) is 12.3 Å². The van der Waals surface area contributed by atoms with Crippen LogP contribution >= 0.6 is 50.7 Å². The summed E-state index contributed by atoms with van der Waals surface area (Å²) in [6.07, 6.45) is 18.9. The molecule has 0 bridgehead atoms. The van der Waals surface area contributed by atoms with Gasteiger partial charge in [0, 0.05) is 124 Å². The summed E-state index contributed by atoms with van der Waals surface area (Å²) in [5.74, 6) is 2.56. The molecular weight excluding hydrogens is 1060 g/mol. The van der Waals surface area contributed by atoms with Gasteiger partial charge in [-0.05, 0) is 132 Å². The fourth-order valence-corrected chi connectivity index (χ4v) is 10.5. The minimum atomic E-state index is -0.723. The Morgan fingerprint density at radius 3 is 1.60 bits per heavy atom. The van der Waals surface area contributed by atoms with Crippen LogP contribution in [0.4, 0.5) is 22.2 Å². The van der Waals surface area contributed by atoms with E-state index in [2.05, 4.69) is 96.3 Å². The normalized spacial score (nSPS) is 17.2. The summed E-state index contributed by atoms with van der Waals surface area (Å²) in [6.45, 7) is 15.9. The van der Waals surface area contributed by atoms with Crippen LogP contribution < -0.4 is 26.7 Å². The smallest absolute Gasteiger partial charge is 0.399 e. The van der Waals surface area contributed by atoms with Crippen molar-refractivity contribution < 1.29 is 29.4 Å². The van der Waals surface area contributed by atoms with E-state index in [0.29, 0.717) is 44.1 Å². The van der Waals surface area contributed by atoms with Crippen LogP contribution in [-0.2, 0) is 28.6 Å². The highest BCUT2D eigenvalue weighted by molar-refractivity contribution is 9.10. The molecule has 4 aliphatic rings. The topological polar surface area (TPSA) is 227 Å². The van der Waals surface area contributed by atoms with Crippen molar-refractivity contribution >= 4 is 86.8 Å². The Bertz CT molecular complexity index is 2900. The van der Waals surface area contributed by atoms with Gasteiger partial charge in [0.1, 0.15) is 17.5 Å². The number of nitrogens with zero attached hydrogens (tertiary/aromatic N) is 7. The molecule has 7 N–H and O–H groups in total. The third kappa shape index (κ3) is 13.1. The number of hydrogen-bond donors (Lipinski definition) is 6. The van der Waals surface area contributed by atoms with E-state index < -0.39 is 24.3 Å². The third-order valence-corrected chi connectivity index (χ3v) is 14.8. The Morgan fingerprint density at radius 2 is 1.11 bits per heavy atom. The average Bonchev–Trinajstić information content (AvgIpc) is 3.58. The van der Waals surface area contributed by atoms with Crippen molar-refractivity contribution in [3.63, 3.8) is 0 Å². The molecule has 4 aliphatic heterocycles. The van der Waals surface area contributed by atoms with E-state index in [0.717, 1.165) is 101 Å². The largest absolute Gasteiger partial charge is 0.496 e. The van der Waals surface area contributed by atoms with E-state index >= 15 is 0 Å². The lowest BCUT2D eigenvalue weighted by Crippen LogP contribution is -2.41. The Labute approximate surface area is 450 Å². The molecule has 21 heteroatoms. The second-order valence-electron chi connectivity index (χ2n) is 19.2. The van der Waals surface area contributed by atoms with Gasteiger partial charge >= 0.3 is 13.1 Å². The van der Waals surface area contributed by atoms with Crippen LogP contribution in [0, 0.1) is 0 Å². The SMILES string of the molecule is CC(O)c1c(Cl)cncc1-c1cnc2c(c1)CCCN2.CC(O)c1c(Cl)cncc1-c1cnc2c(c1)CCCN2C(N)=O.CC(O)c1c(Cl)cncc1Br.CC1(C)OB(c2cnc3c(c2)CCCN3)OC1(C)C. The van der Waals surface area contributed by atoms with Crippen molar-refractivity contribution in [3.8, 4) is 22.3 Å². The van der Waals surface area contributed by atoms with Crippen molar-refractivity contribution in [1.29, 1.82) is 0 Å². The van der Waals surface area contributed by atoms with Crippen molar-refractivity contribution in [3.05, 3.63) is 127 Å². The summed E-state index contributed by atoms with van der Waals surface area (Å²) in [5.41, 5.74) is 14.6. The average molecular weight is 1120 g/mol. The number of rotatable bonds is 6. The Morgan fingerprint density at radius 1 is 0.658 bits per heavy atom. The summed E-state index contributed by atoms with van der Waals surface area (Å²) in [6, 6.07) is 5.72. The number of aliphatic hydroxyl groups excluding tert-OH is 3. The van der Waals surface area contributed by atoms with E-state index in [9.17, 15) is 20.1 Å². The lowest BCUT2D eigenvalue weighted by molar-refractivity contribution is 0.00578. The molecule has 3 atom stereocenters. The first-order valence-electron chi connectivity index (χ1n) is 24.1. The zero-order chi connectivity index (χ0) is 52.8. The second-order valence-corrected chi connectivity index (χ2v) is 21.2. The fraction of sp³-hybridized carbons (Fsp3) is 0.404. The number of nitrogens with one attached hydrogen (secondary N) is 2.